The maximum absolute atomic E-state index is 5.74. The maximum Gasteiger partial charge on any atom is 0.229 e. The standard InChI is InChI=1S/C12H22N6S2/c1-6-18(7-2)12(19)20-8(3)9-14-10(13)16-11(15-9)17(4)5/h8H,6-7H2,1-5H3,(H2,13,14,15,16)/t8-/m0/s1. The fraction of sp³-hybridized carbons (Fsp3) is 0.667. The van der Waals surface area contributed by atoms with Crippen molar-refractivity contribution in [1.29, 1.82) is 0 Å². The van der Waals surface area contributed by atoms with Crippen LogP contribution in [-0.2, 0) is 0 Å². The molecule has 0 bridgehead atoms. The van der Waals surface area contributed by atoms with Gasteiger partial charge < -0.3 is 15.5 Å². The summed E-state index contributed by atoms with van der Waals surface area (Å²) in [6.45, 7) is 8.00. The van der Waals surface area contributed by atoms with E-state index in [1.54, 1.807) is 11.8 Å². The summed E-state index contributed by atoms with van der Waals surface area (Å²) in [4.78, 5) is 16.7. The molecule has 0 unspecified atom stereocenters. The molecule has 0 amide bonds. The van der Waals surface area contributed by atoms with Crippen molar-refractivity contribution in [3.63, 3.8) is 0 Å². The molecular weight excluding hydrogens is 292 g/mol. The van der Waals surface area contributed by atoms with E-state index >= 15 is 0 Å². The number of thiocarbonyl (C=S) groups is 1. The van der Waals surface area contributed by atoms with Crippen LogP contribution in [0.5, 0.6) is 0 Å². The van der Waals surface area contributed by atoms with Crippen LogP contribution in [0, 0.1) is 0 Å². The van der Waals surface area contributed by atoms with E-state index in [0.717, 1.165) is 17.4 Å². The Kier molecular flexibility index (Phi) is 6.41. The number of aromatic nitrogens is 3. The number of hydrogen-bond donors (Lipinski definition) is 1. The fourth-order valence-corrected chi connectivity index (χ4v) is 3.15. The number of thioether (sulfide) groups is 1. The first-order valence-corrected chi connectivity index (χ1v) is 7.82. The lowest BCUT2D eigenvalue weighted by Gasteiger charge is -2.23. The Hall–Kier alpha value is -1.15. The molecule has 0 spiro atoms. The molecule has 8 heteroatoms. The van der Waals surface area contributed by atoms with Gasteiger partial charge in [0.1, 0.15) is 10.1 Å². The Morgan fingerprint density at radius 1 is 1.25 bits per heavy atom. The van der Waals surface area contributed by atoms with Crippen molar-refractivity contribution >= 4 is 40.2 Å². The minimum atomic E-state index is 0.0344. The molecule has 2 N–H and O–H groups in total. The minimum Gasteiger partial charge on any atom is -0.368 e. The lowest BCUT2D eigenvalue weighted by atomic mass is 10.4. The van der Waals surface area contributed by atoms with Crippen molar-refractivity contribution in [3.05, 3.63) is 5.82 Å². The van der Waals surface area contributed by atoms with Crippen molar-refractivity contribution in [2.24, 2.45) is 0 Å². The van der Waals surface area contributed by atoms with Gasteiger partial charge in [0, 0.05) is 27.2 Å². The van der Waals surface area contributed by atoms with E-state index in [0.29, 0.717) is 11.8 Å². The summed E-state index contributed by atoms with van der Waals surface area (Å²) < 4.78 is 0.855. The zero-order valence-electron chi connectivity index (χ0n) is 12.6. The maximum atomic E-state index is 5.74. The van der Waals surface area contributed by atoms with Crippen molar-refractivity contribution in [1.82, 2.24) is 19.9 Å². The highest BCUT2D eigenvalue weighted by Gasteiger charge is 2.17. The number of nitrogens with zero attached hydrogens (tertiary/aromatic N) is 5. The van der Waals surface area contributed by atoms with Crippen molar-refractivity contribution < 1.29 is 0 Å². The summed E-state index contributed by atoms with van der Waals surface area (Å²) >= 11 is 7.01. The predicted octanol–water partition coefficient (Wildman–Crippen LogP) is 1.94. The van der Waals surface area contributed by atoms with Crippen LogP contribution in [0.15, 0.2) is 0 Å². The largest absolute Gasteiger partial charge is 0.368 e. The van der Waals surface area contributed by atoms with E-state index < -0.39 is 0 Å². The van der Waals surface area contributed by atoms with Crippen molar-refractivity contribution in [3.8, 4) is 0 Å². The van der Waals surface area contributed by atoms with Crippen LogP contribution >= 0.6 is 24.0 Å². The van der Waals surface area contributed by atoms with E-state index in [2.05, 4.69) is 33.7 Å². The lowest BCUT2D eigenvalue weighted by Crippen LogP contribution is -2.27. The third kappa shape index (κ3) is 4.45. The van der Waals surface area contributed by atoms with Crippen LogP contribution in [0.4, 0.5) is 11.9 Å². The Bertz CT molecular complexity index is 461. The summed E-state index contributed by atoms with van der Waals surface area (Å²) in [5, 5.41) is 0.0344. The van der Waals surface area contributed by atoms with Crippen LogP contribution in [0.2, 0.25) is 0 Å². The van der Waals surface area contributed by atoms with Gasteiger partial charge in [-0.25, -0.2) is 0 Å². The molecule has 0 saturated carbocycles. The van der Waals surface area contributed by atoms with Gasteiger partial charge in [-0.2, -0.15) is 15.0 Å². The Balaban J connectivity index is 2.87. The number of rotatable bonds is 5. The van der Waals surface area contributed by atoms with Crippen LogP contribution in [-0.4, -0.2) is 51.4 Å². The number of nitrogen functional groups attached to an aromatic ring is 1. The molecule has 0 radical (unpaired) electrons. The average Bonchev–Trinajstić information content (AvgIpc) is 2.39. The highest BCUT2D eigenvalue weighted by atomic mass is 32.2. The predicted molar refractivity (Wildman–Crippen MR) is 90.1 cm³/mol. The fourth-order valence-electron chi connectivity index (χ4n) is 1.54. The molecule has 0 aliphatic heterocycles. The molecule has 1 atom stereocenters. The molecule has 0 aliphatic rings. The van der Waals surface area contributed by atoms with Gasteiger partial charge in [-0.15, -0.1) is 0 Å². The summed E-state index contributed by atoms with van der Waals surface area (Å²) in [7, 11) is 3.74. The zero-order valence-corrected chi connectivity index (χ0v) is 14.3. The molecule has 1 aromatic rings. The molecular formula is C12H22N6S2. The third-order valence-electron chi connectivity index (χ3n) is 2.72. The molecule has 20 heavy (non-hydrogen) atoms. The minimum absolute atomic E-state index is 0.0344. The molecule has 0 aliphatic carbocycles. The molecule has 1 rings (SSSR count). The van der Waals surface area contributed by atoms with E-state index in [4.69, 9.17) is 18.0 Å². The first-order chi connectivity index (χ1) is 9.38. The van der Waals surface area contributed by atoms with Gasteiger partial charge in [0.05, 0.1) is 5.25 Å². The van der Waals surface area contributed by atoms with Crippen molar-refractivity contribution in [2.45, 2.75) is 26.0 Å². The summed E-state index contributed by atoms with van der Waals surface area (Å²) in [6.07, 6.45) is 0. The SMILES string of the molecule is CCN(CC)C(=S)S[C@@H](C)c1nc(N)nc(N(C)C)n1. The van der Waals surface area contributed by atoms with Gasteiger partial charge in [-0.3, -0.25) is 0 Å². The Morgan fingerprint density at radius 3 is 2.35 bits per heavy atom. The van der Waals surface area contributed by atoms with Gasteiger partial charge in [0.2, 0.25) is 11.9 Å². The topological polar surface area (TPSA) is 71.2 Å². The molecule has 0 saturated heterocycles. The third-order valence-corrected chi connectivity index (χ3v) is 4.29. The molecule has 0 fully saturated rings. The van der Waals surface area contributed by atoms with Crippen molar-refractivity contribution in [2.75, 3.05) is 37.8 Å². The van der Waals surface area contributed by atoms with Gasteiger partial charge >= 0.3 is 0 Å². The highest BCUT2D eigenvalue weighted by molar-refractivity contribution is 8.23. The molecule has 1 heterocycles. The van der Waals surface area contributed by atoms with Crippen LogP contribution in [0.1, 0.15) is 31.8 Å². The monoisotopic (exact) mass is 314 g/mol. The second-order valence-electron chi connectivity index (χ2n) is 4.44. The second-order valence-corrected chi connectivity index (χ2v) is 6.42. The smallest absolute Gasteiger partial charge is 0.229 e. The Labute approximate surface area is 130 Å². The molecule has 112 valence electrons. The number of anilines is 2. The number of hydrogen-bond acceptors (Lipinski definition) is 7. The summed E-state index contributed by atoms with van der Waals surface area (Å²) in [5.74, 6) is 1.45. The average molecular weight is 314 g/mol. The van der Waals surface area contributed by atoms with Crippen LogP contribution < -0.4 is 10.6 Å². The highest BCUT2D eigenvalue weighted by Crippen LogP contribution is 2.29. The second kappa shape index (κ2) is 7.58. The van der Waals surface area contributed by atoms with Gasteiger partial charge in [0.15, 0.2) is 0 Å². The zero-order chi connectivity index (χ0) is 15.3. The quantitative estimate of drug-likeness (QED) is 0.827. The van der Waals surface area contributed by atoms with Gasteiger partial charge in [-0.05, 0) is 20.8 Å². The van der Waals surface area contributed by atoms with E-state index in [9.17, 15) is 0 Å². The molecule has 1 aromatic heterocycles. The van der Waals surface area contributed by atoms with Gasteiger partial charge in [0.25, 0.3) is 0 Å². The molecule has 6 nitrogen and oxygen atoms in total. The molecule has 0 aromatic carbocycles. The normalized spacial score (nSPS) is 12.1. The Morgan fingerprint density at radius 2 is 1.85 bits per heavy atom. The van der Waals surface area contributed by atoms with E-state index in [1.807, 2.05) is 25.9 Å². The summed E-state index contributed by atoms with van der Waals surface area (Å²) in [5.41, 5.74) is 5.74. The van der Waals surface area contributed by atoms with E-state index in [1.165, 1.54) is 0 Å². The first kappa shape index (κ1) is 16.9. The summed E-state index contributed by atoms with van der Waals surface area (Å²) in [6, 6.07) is 0. The van der Waals surface area contributed by atoms with Crippen LogP contribution in [0.3, 0.4) is 0 Å². The van der Waals surface area contributed by atoms with E-state index in [-0.39, 0.29) is 11.2 Å². The van der Waals surface area contributed by atoms with Gasteiger partial charge in [-0.1, -0.05) is 24.0 Å². The first-order valence-electron chi connectivity index (χ1n) is 6.53. The van der Waals surface area contributed by atoms with Crippen LogP contribution in [0.25, 0.3) is 0 Å². The lowest BCUT2D eigenvalue weighted by molar-refractivity contribution is 0.482. The number of nitrogens with two attached hydrogens (primary N) is 1.